The molecule has 1 N–H and O–H groups in total. The Hall–Kier alpha value is -2.70. The number of aromatic nitrogens is 2. The first kappa shape index (κ1) is 22.1. The van der Waals surface area contributed by atoms with Gasteiger partial charge in [0.2, 0.25) is 0 Å². The molecule has 1 aromatic heterocycles. The highest BCUT2D eigenvalue weighted by molar-refractivity contribution is 5.59. The van der Waals surface area contributed by atoms with Crippen molar-refractivity contribution >= 4 is 5.69 Å². The molecule has 174 valence electrons. The summed E-state index contributed by atoms with van der Waals surface area (Å²) in [6.07, 6.45) is 2.48. The summed E-state index contributed by atoms with van der Waals surface area (Å²) in [5, 5.41) is 8.45. The first-order valence-electron chi connectivity index (χ1n) is 12.0. The Kier molecular flexibility index (Phi) is 6.21. The maximum absolute atomic E-state index is 13.3. The van der Waals surface area contributed by atoms with Gasteiger partial charge in [-0.15, -0.1) is 0 Å². The van der Waals surface area contributed by atoms with Gasteiger partial charge < -0.3 is 10.2 Å². The van der Waals surface area contributed by atoms with Gasteiger partial charge in [-0.05, 0) is 73.3 Å². The Bertz CT molecular complexity index is 1070. The number of piperidine rings is 3. The van der Waals surface area contributed by atoms with Gasteiger partial charge in [-0.2, -0.15) is 5.10 Å². The molecule has 0 radical (unpaired) electrons. The second-order valence-corrected chi connectivity index (χ2v) is 9.82. The smallest absolute Gasteiger partial charge is 0.123 e. The summed E-state index contributed by atoms with van der Waals surface area (Å²) in [4.78, 5) is 4.79. The molecule has 3 saturated heterocycles. The molecule has 0 spiro atoms. The highest BCUT2D eigenvalue weighted by Crippen LogP contribution is 2.42. The maximum atomic E-state index is 13.3. The molecule has 0 amide bonds. The number of nitrogens with one attached hydrogen (secondary N) is 1. The molecule has 2 aromatic carbocycles. The number of fused-ring (bicyclic) bond motifs is 3. The van der Waals surface area contributed by atoms with Crippen molar-refractivity contribution in [3.63, 3.8) is 0 Å². The van der Waals surface area contributed by atoms with E-state index < -0.39 is 0 Å². The Morgan fingerprint density at radius 2 is 1.85 bits per heavy atom. The van der Waals surface area contributed by atoms with Gasteiger partial charge in [0.1, 0.15) is 5.82 Å². The van der Waals surface area contributed by atoms with E-state index in [9.17, 15) is 4.39 Å². The number of rotatable bonds is 7. The zero-order chi connectivity index (χ0) is 22.9. The highest BCUT2D eigenvalue weighted by Gasteiger charge is 2.41. The lowest BCUT2D eigenvalue weighted by Crippen LogP contribution is -2.55. The van der Waals surface area contributed by atoms with Gasteiger partial charge in [0.25, 0.3) is 0 Å². The van der Waals surface area contributed by atoms with Gasteiger partial charge in [-0.25, -0.2) is 4.39 Å². The predicted octanol–water partition coefficient (Wildman–Crippen LogP) is 4.26. The number of anilines is 1. The second kappa shape index (κ2) is 9.27. The van der Waals surface area contributed by atoms with Crippen molar-refractivity contribution in [3.8, 4) is 11.3 Å². The third-order valence-electron chi connectivity index (χ3n) is 7.48. The van der Waals surface area contributed by atoms with Gasteiger partial charge in [-0.3, -0.25) is 9.58 Å². The van der Waals surface area contributed by atoms with Crippen LogP contribution in [0.2, 0.25) is 0 Å². The summed E-state index contributed by atoms with van der Waals surface area (Å²) in [6.45, 7) is 4.23. The van der Waals surface area contributed by atoms with E-state index in [4.69, 9.17) is 5.10 Å². The van der Waals surface area contributed by atoms with Gasteiger partial charge in [0.05, 0.1) is 5.69 Å². The number of aryl methyl sites for hydroxylation is 1. The predicted molar refractivity (Wildman–Crippen MR) is 132 cm³/mol. The third-order valence-corrected chi connectivity index (χ3v) is 7.48. The molecule has 4 heterocycles. The van der Waals surface area contributed by atoms with Crippen LogP contribution in [0.5, 0.6) is 0 Å². The minimum Gasteiger partial charge on any atom is -0.378 e. The normalized spacial score (nSPS) is 24.2. The lowest BCUT2D eigenvalue weighted by molar-refractivity contribution is 0.0282. The van der Waals surface area contributed by atoms with E-state index in [1.807, 2.05) is 23.9 Å². The van der Waals surface area contributed by atoms with Gasteiger partial charge in [0, 0.05) is 69.7 Å². The Morgan fingerprint density at radius 1 is 1.09 bits per heavy atom. The van der Waals surface area contributed by atoms with Crippen molar-refractivity contribution in [1.82, 2.24) is 20.0 Å². The van der Waals surface area contributed by atoms with E-state index in [0.29, 0.717) is 17.9 Å². The molecule has 4 atom stereocenters. The molecule has 3 aromatic rings. The number of hydrogen-bond acceptors (Lipinski definition) is 4. The fraction of sp³-hybridized carbons (Fsp3) is 0.444. The van der Waals surface area contributed by atoms with Gasteiger partial charge in [-0.1, -0.05) is 12.1 Å². The van der Waals surface area contributed by atoms with Crippen LogP contribution < -0.4 is 10.2 Å². The van der Waals surface area contributed by atoms with Crippen molar-refractivity contribution in [2.75, 3.05) is 38.6 Å². The summed E-state index contributed by atoms with van der Waals surface area (Å²) in [6, 6.07) is 18.2. The van der Waals surface area contributed by atoms with Crippen LogP contribution in [0.25, 0.3) is 11.3 Å². The minimum absolute atomic E-state index is 0.211. The lowest BCUT2D eigenvalue weighted by Gasteiger charge is -2.50. The van der Waals surface area contributed by atoms with E-state index in [1.54, 1.807) is 0 Å². The number of hydrogen-bond donors (Lipinski definition) is 1. The summed E-state index contributed by atoms with van der Waals surface area (Å²) in [7, 11) is 6.19. The zero-order valence-corrected chi connectivity index (χ0v) is 19.8. The molecule has 5 nitrogen and oxygen atoms in total. The van der Waals surface area contributed by atoms with Crippen molar-refractivity contribution in [2.24, 2.45) is 13.0 Å². The van der Waals surface area contributed by atoms with Crippen LogP contribution >= 0.6 is 0 Å². The molecule has 2 bridgehead atoms. The fourth-order valence-corrected chi connectivity index (χ4v) is 5.57. The van der Waals surface area contributed by atoms with Crippen molar-refractivity contribution in [2.45, 2.75) is 31.3 Å². The van der Waals surface area contributed by atoms with Gasteiger partial charge >= 0.3 is 0 Å². The first-order chi connectivity index (χ1) is 16.0. The molecule has 1 unspecified atom stereocenters. The average Bonchev–Trinajstić information content (AvgIpc) is 3.21. The Labute approximate surface area is 196 Å². The summed E-state index contributed by atoms with van der Waals surface area (Å²) in [5.74, 6) is 0.996. The molecule has 3 aliphatic heterocycles. The van der Waals surface area contributed by atoms with Crippen LogP contribution in [0.15, 0.2) is 54.6 Å². The minimum atomic E-state index is -0.211. The van der Waals surface area contributed by atoms with E-state index in [0.717, 1.165) is 30.9 Å². The van der Waals surface area contributed by atoms with Crippen molar-refractivity contribution in [1.29, 1.82) is 0 Å². The summed E-state index contributed by atoms with van der Waals surface area (Å²) in [5.41, 5.74) is 5.77. The SMILES string of the molecule is CN(C)c1ccc(CNC[C@H]2C[C@@H]3CCN2C[C@@H]3c2cc(-c3ccc(F)cc3)nn2C)cc1. The molecular formula is C27H34FN5. The lowest BCUT2D eigenvalue weighted by atomic mass is 9.74. The van der Waals surface area contributed by atoms with E-state index in [2.05, 4.69) is 59.5 Å². The van der Waals surface area contributed by atoms with Crippen LogP contribution in [-0.4, -0.2) is 54.5 Å². The number of benzene rings is 2. The average molecular weight is 448 g/mol. The summed E-state index contributed by atoms with van der Waals surface area (Å²) >= 11 is 0. The van der Waals surface area contributed by atoms with Crippen LogP contribution in [0.1, 0.15) is 30.0 Å². The Morgan fingerprint density at radius 3 is 2.52 bits per heavy atom. The Balaban J connectivity index is 1.20. The quantitative estimate of drug-likeness (QED) is 0.587. The van der Waals surface area contributed by atoms with Crippen LogP contribution in [-0.2, 0) is 13.6 Å². The highest BCUT2D eigenvalue weighted by atomic mass is 19.1. The van der Waals surface area contributed by atoms with Crippen LogP contribution in [0.4, 0.5) is 10.1 Å². The van der Waals surface area contributed by atoms with Gasteiger partial charge in [0.15, 0.2) is 0 Å². The monoisotopic (exact) mass is 447 g/mol. The molecular weight excluding hydrogens is 413 g/mol. The summed E-state index contributed by atoms with van der Waals surface area (Å²) < 4.78 is 15.3. The fourth-order valence-electron chi connectivity index (χ4n) is 5.57. The van der Waals surface area contributed by atoms with Crippen LogP contribution in [0.3, 0.4) is 0 Å². The molecule has 6 heteroatoms. The molecule has 0 saturated carbocycles. The first-order valence-corrected chi connectivity index (χ1v) is 12.0. The second-order valence-electron chi connectivity index (χ2n) is 9.82. The number of nitrogens with zero attached hydrogens (tertiary/aromatic N) is 4. The molecule has 33 heavy (non-hydrogen) atoms. The van der Waals surface area contributed by atoms with Crippen molar-refractivity contribution in [3.05, 3.63) is 71.7 Å². The zero-order valence-electron chi connectivity index (χ0n) is 19.8. The molecule has 0 aliphatic carbocycles. The van der Waals surface area contributed by atoms with E-state index in [-0.39, 0.29) is 5.82 Å². The maximum Gasteiger partial charge on any atom is 0.123 e. The van der Waals surface area contributed by atoms with Crippen LogP contribution in [0, 0.1) is 11.7 Å². The number of halogens is 1. The van der Waals surface area contributed by atoms with E-state index >= 15 is 0 Å². The molecule has 3 fully saturated rings. The molecule has 6 rings (SSSR count). The standard InChI is InChI=1S/C27H34FN5/c1-31(2)23-10-4-19(5-11-23)16-29-17-24-14-21-12-13-33(24)18-25(21)27-15-26(30-32(27)3)20-6-8-22(28)9-7-20/h4-11,15,21,24-25,29H,12-14,16-18H2,1-3H3/t21-,24+,25-/m0/s1. The topological polar surface area (TPSA) is 36.3 Å². The third kappa shape index (κ3) is 4.68. The van der Waals surface area contributed by atoms with Crippen molar-refractivity contribution < 1.29 is 4.39 Å². The molecule has 3 aliphatic rings. The van der Waals surface area contributed by atoms with E-state index in [1.165, 1.54) is 48.5 Å². The largest absolute Gasteiger partial charge is 0.378 e.